The van der Waals surface area contributed by atoms with Gasteiger partial charge < -0.3 is 4.98 Å². The fraction of sp³-hybridized carbons (Fsp3) is 0.0870. The molecule has 0 radical (unpaired) electrons. The van der Waals surface area contributed by atoms with Crippen molar-refractivity contribution in [2.75, 3.05) is 0 Å². The second-order valence-electron chi connectivity index (χ2n) is 6.83. The average Bonchev–Trinajstić information content (AvgIpc) is 3.37. The van der Waals surface area contributed by atoms with Gasteiger partial charge in [-0.1, -0.05) is 71.9 Å². The average molecular weight is 398 g/mol. The second-order valence-corrected chi connectivity index (χ2v) is 7.77. The molecule has 0 aliphatic carbocycles. The second kappa shape index (κ2) is 7.56. The van der Waals surface area contributed by atoms with Crippen LogP contribution in [0.25, 0.3) is 28.1 Å². The molecule has 0 saturated heterocycles. The molecule has 2 heterocycles. The van der Waals surface area contributed by atoms with Crippen molar-refractivity contribution in [1.82, 2.24) is 24.7 Å². The Hall–Kier alpha value is -3.38. The molecule has 0 fully saturated rings. The number of fused-ring (bicyclic) bond motifs is 1. The van der Waals surface area contributed by atoms with Crippen molar-refractivity contribution in [3.63, 3.8) is 0 Å². The van der Waals surface area contributed by atoms with E-state index in [4.69, 9.17) is 0 Å². The fourth-order valence-corrected chi connectivity index (χ4v) is 4.09. The Labute approximate surface area is 172 Å². The van der Waals surface area contributed by atoms with Crippen LogP contribution in [0.4, 0.5) is 0 Å². The molecule has 0 atom stereocenters. The Kier molecular flexibility index (Phi) is 4.62. The Morgan fingerprint density at radius 2 is 1.62 bits per heavy atom. The molecule has 0 aliphatic heterocycles. The summed E-state index contributed by atoms with van der Waals surface area (Å²) in [6, 6.07) is 26.7. The van der Waals surface area contributed by atoms with E-state index in [9.17, 15) is 0 Å². The highest BCUT2D eigenvalue weighted by atomic mass is 32.2. The fourth-order valence-electron chi connectivity index (χ4n) is 3.27. The van der Waals surface area contributed by atoms with Gasteiger partial charge in [-0.2, -0.15) is 0 Å². The maximum Gasteiger partial charge on any atom is 0.196 e. The van der Waals surface area contributed by atoms with Crippen LogP contribution in [0.1, 0.15) is 11.4 Å². The van der Waals surface area contributed by atoms with Crippen LogP contribution >= 0.6 is 11.8 Å². The van der Waals surface area contributed by atoms with E-state index in [-0.39, 0.29) is 0 Å². The summed E-state index contributed by atoms with van der Waals surface area (Å²) < 4.78 is 2.11. The summed E-state index contributed by atoms with van der Waals surface area (Å²) in [7, 11) is 0. The third kappa shape index (κ3) is 3.54. The number of imidazole rings is 1. The van der Waals surface area contributed by atoms with Crippen molar-refractivity contribution in [3.05, 3.63) is 90.3 Å². The van der Waals surface area contributed by atoms with E-state index >= 15 is 0 Å². The quantitative estimate of drug-likeness (QED) is 0.403. The lowest BCUT2D eigenvalue weighted by Gasteiger charge is -2.10. The van der Waals surface area contributed by atoms with E-state index in [2.05, 4.69) is 68.1 Å². The third-order valence-corrected chi connectivity index (χ3v) is 5.67. The molecule has 0 amide bonds. The minimum absolute atomic E-state index is 0.688. The summed E-state index contributed by atoms with van der Waals surface area (Å²) >= 11 is 1.63. The number of thioether (sulfide) groups is 1. The molecule has 2 aromatic heterocycles. The summed E-state index contributed by atoms with van der Waals surface area (Å²) in [6.07, 6.45) is 0. The topological polar surface area (TPSA) is 59.4 Å². The van der Waals surface area contributed by atoms with Gasteiger partial charge in [-0.15, -0.1) is 10.2 Å². The number of aryl methyl sites for hydroxylation is 1. The van der Waals surface area contributed by atoms with E-state index < -0.39 is 0 Å². The molecule has 142 valence electrons. The Bertz CT molecular complexity index is 1220. The van der Waals surface area contributed by atoms with Crippen LogP contribution in [0, 0.1) is 6.92 Å². The van der Waals surface area contributed by atoms with Gasteiger partial charge in [-0.25, -0.2) is 4.98 Å². The molecule has 0 aliphatic rings. The van der Waals surface area contributed by atoms with E-state index in [1.165, 1.54) is 5.56 Å². The molecule has 0 saturated carbocycles. The highest BCUT2D eigenvalue weighted by molar-refractivity contribution is 7.98. The van der Waals surface area contributed by atoms with Gasteiger partial charge in [-0.3, -0.25) is 4.57 Å². The Morgan fingerprint density at radius 1 is 0.862 bits per heavy atom. The normalized spacial score (nSPS) is 11.2. The van der Waals surface area contributed by atoms with Gasteiger partial charge >= 0.3 is 0 Å². The van der Waals surface area contributed by atoms with Gasteiger partial charge in [-0.05, 0) is 31.2 Å². The van der Waals surface area contributed by atoms with Gasteiger partial charge in [0.2, 0.25) is 0 Å². The number of aromatic nitrogens is 5. The van der Waals surface area contributed by atoms with Crippen molar-refractivity contribution in [3.8, 4) is 17.1 Å². The van der Waals surface area contributed by atoms with Crippen molar-refractivity contribution < 1.29 is 0 Å². The predicted molar refractivity (Wildman–Crippen MR) is 117 cm³/mol. The molecule has 5 aromatic rings. The van der Waals surface area contributed by atoms with Gasteiger partial charge in [0.25, 0.3) is 0 Å². The first-order valence-electron chi connectivity index (χ1n) is 9.42. The van der Waals surface area contributed by atoms with Crippen LogP contribution in [-0.4, -0.2) is 24.7 Å². The van der Waals surface area contributed by atoms with Gasteiger partial charge in [0.15, 0.2) is 11.0 Å². The van der Waals surface area contributed by atoms with Crippen LogP contribution in [0.5, 0.6) is 0 Å². The zero-order valence-electron chi connectivity index (χ0n) is 15.9. The number of nitrogens with zero attached hydrogens (tertiary/aromatic N) is 4. The lowest BCUT2D eigenvalue weighted by molar-refractivity contribution is 0.884. The molecule has 0 spiro atoms. The summed E-state index contributed by atoms with van der Waals surface area (Å²) in [5.41, 5.74) is 5.34. The van der Waals surface area contributed by atoms with Crippen LogP contribution in [0.3, 0.4) is 0 Å². The Balaban J connectivity index is 1.52. The van der Waals surface area contributed by atoms with Crippen LogP contribution in [-0.2, 0) is 5.75 Å². The monoisotopic (exact) mass is 397 g/mol. The molecule has 0 bridgehead atoms. The van der Waals surface area contributed by atoms with Crippen molar-refractivity contribution in [2.45, 2.75) is 17.8 Å². The number of benzene rings is 3. The molecular weight excluding hydrogens is 378 g/mol. The largest absolute Gasteiger partial charge is 0.341 e. The molecule has 29 heavy (non-hydrogen) atoms. The number of hydrogen-bond acceptors (Lipinski definition) is 4. The molecule has 0 unspecified atom stereocenters. The van der Waals surface area contributed by atoms with E-state index in [1.807, 2.05) is 42.5 Å². The van der Waals surface area contributed by atoms with Gasteiger partial charge in [0, 0.05) is 11.3 Å². The molecule has 6 heteroatoms. The number of hydrogen-bond donors (Lipinski definition) is 1. The first-order chi connectivity index (χ1) is 14.3. The van der Waals surface area contributed by atoms with Crippen LogP contribution in [0.15, 0.2) is 84.0 Å². The SMILES string of the molecule is Cc1ccc(-n2c(SCc3nc4ccccc4[nH]3)nnc2-c2ccccc2)cc1. The van der Waals surface area contributed by atoms with Crippen LogP contribution in [0.2, 0.25) is 0 Å². The lowest BCUT2D eigenvalue weighted by Crippen LogP contribution is -2.00. The van der Waals surface area contributed by atoms with Crippen molar-refractivity contribution >= 4 is 22.8 Å². The number of H-pyrrole nitrogens is 1. The number of rotatable bonds is 5. The maximum absolute atomic E-state index is 4.67. The molecule has 1 N–H and O–H groups in total. The first kappa shape index (κ1) is 17.7. The minimum atomic E-state index is 0.688. The summed E-state index contributed by atoms with van der Waals surface area (Å²) in [4.78, 5) is 8.05. The standard InChI is InChI=1S/C23H19N5S/c1-16-11-13-18(14-12-16)28-22(17-7-3-2-4-8-17)26-27-23(28)29-15-21-24-19-9-5-6-10-20(19)25-21/h2-14H,15H2,1H3,(H,24,25). The predicted octanol–water partition coefficient (Wildman–Crippen LogP) is 5.41. The number of nitrogens with one attached hydrogen (secondary N) is 1. The highest BCUT2D eigenvalue weighted by Gasteiger charge is 2.16. The number of para-hydroxylation sites is 2. The molecule has 5 rings (SSSR count). The zero-order valence-corrected chi connectivity index (χ0v) is 16.7. The van der Waals surface area contributed by atoms with E-state index in [0.29, 0.717) is 5.75 Å². The lowest BCUT2D eigenvalue weighted by atomic mass is 10.2. The van der Waals surface area contributed by atoms with Crippen molar-refractivity contribution in [1.29, 1.82) is 0 Å². The molecule has 5 nitrogen and oxygen atoms in total. The van der Waals surface area contributed by atoms with Crippen molar-refractivity contribution in [2.24, 2.45) is 0 Å². The first-order valence-corrected chi connectivity index (χ1v) is 10.4. The van der Waals surface area contributed by atoms with Crippen LogP contribution < -0.4 is 0 Å². The van der Waals surface area contributed by atoms with Gasteiger partial charge in [0.1, 0.15) is 5.82 Å². The summed E-state index contributed by atoms with van der Waals surface area (Å²) in [5, 5.41) is 9.84. The highest BCUT2D eigenvalue weighted by Crippen LogP contribution is 2.29. The minimum Gasteiger partial charge on any atom is -0.341 e. The molecular formula is C23H19N5S. The maximum atomic E-state index is 4.67. The zero-order chi connectivity index (χ0) is 19.6. The molecule has 3 aromatic carbocycles. The van der Waals surface area contributed by atoms with E-state index in [0.717, 1.165) is 39.1 Å². The van der Waals surface area contributed by atoms with Gasteiger partial charge in [0.05, 0.1) is 16.8 Å². The van der Waals surface area contributed by atoms with E-state index in [1.54, 1.807) is 11.8 Å². The smallest absolute Gasteiger partial charge is 0.196 e. The third-order valence-electron chi connectivity index (χ3n) is 4.73. The summed E-state index contributed by atoms with van der Waals surface area (Å²) in [5.74, 6) is 2.45. The Morgan fingerprint density at radius 3 is 2.41 bits per heavy atom. The number of aromatic amines is 1. The summed E-state index contributed by atoms with van der Waals surface area (Å²) in [6.45, 7) is 2.09.